The number of likely N-dealkylation sites (tertiary alicyclic amines) is 1. The molecule has 3 N–H and O–H groups in total. The number of nitrogens with zero attached hydrogens (tertiary/aromatic N) is 1. The van der Waals surface area contributed by atoms with E-state index in [1.54, 1.807) is 37.6 Å². The van der Waals surface area contributed by atoms with Gasteiger partial charge in [0.05, 0.1) is 40.5 Å². The number of anilines is 2. The lowest BCUT2D eigenvalue weighted by Crippen LogP contribution is -2.42. The van der Waals surface area contributed by atoms with Crippen LogP contribution >= 0.6 is 18.5 Å². The Kier molecular flexibility index (Phi) is 10.5. The minimum absolute atomic E-state index is 0.0668. The number of alkyl halides is 3. The first-order chi connectivity index (χ1) is 19.9. The molecule has 2 aromatic carbocycles. The van der Waals surface area contributed by atoms with E-state index in [1.807, 2.05) is 12.1 Å². The van der Waals surface area contributed by atoms with Gasteiger partial charge in [-0.15, -0.1) is 11.3 Å². The lowest BCUT2D eigenvalue weighted by atomic mass is 10.0. The SMILES string of the molecule is CC(C)N1CCC(Nc2cccc3c(CC(F)(F)F)c(C#CCNc4ccc(P(C)(C)=O)cc4OCCO)sc23)CC1. The van der Waals surface area contributed by atoms with Gasteiger partial charge in [-0.05, 0) is 75.2 Å². The Morgan fingerprint density at radius 1 is 1.17 bits per heavy atom. The van der Waals surface area contributed by atoms with Gasteiger partial charge in [0, 0.05) is 30.5 Å². The summed E-state index contributed by atoms with van der Waals surface area (Å²) >= 11 is 1.29. The van der Waals surface area contributed by atoms with Crippen LogP contribution in [0.15, 0.2) is 36.4 Å². The van der Waals surface area contributed by atoms with Crippen molar-refractivity contribution in [3.8, 4) is 17.6 Å². The molecule has 1 aliphatic rings. The Balaban J connectivity index is 1.57. The van der Waals surface area contributed by atoms with Crippen molar-refractivity contribution in [2.75, 3.05) is 56.8 Å². The topological polar surface area (TPSA) is 73.8 Å². The quantitative estimate of drug-likeness (QED) is 0.181. The van der Waals surface area contributed by atoms with Crippen molar-refractivity contribution in [1.29, 1.82) is 0 Å². The van der Waals surface area contributed by atoms with E-state index in [-0.39, 0.29) is 31.4 Å². The highest BCUT2D eigenvalue weighted by molar-refractivity contribution is 7.70. The van der Waals surface area contributed by atoms with Gasteiger partial charge in [-0.2, -0.15) is 13.2 Å². The maximum atomic E-state index is 13.6. The molecular formula is C31H39F3N3O3PS. The van der Waals surface area contributed by atoms with Gasteiger partial charge < -0.3 is 29.9 Å². The Labute approximate surface area is 250 Å². The third-order valence-corrected chi connectivity index (χ3v) is 10.0. The number of thiophene rings is 1. The minimum Gasteiger partial charge on any atom is -0.489 e. The van der Waals surface area contributed by atoms with E-state index in [2.05, 4.69) is 41.2 Å². The van der Waals surface area contributed by atoms with Crippen LogP contribution in [-0.2, 0) is 11.0 Å². The third kappa shape index (κ3) is 8.44. The molecule has 1 aliphatic heterocycles. The van der Waals surface area contributed by atoms with Crippen LogP contribution in [0.25, 0.3) is 10.1 Å². The van der Waals surface area contributed by atoms with Crippen molar-refractivity contribution in [3.05, 3.63) is 46.8 Å². The summed E-state index contributed by atoms with van der Waals surface area (Å²) in [5.41, 5.74) is 1.65. The van der Waals surface area contributed by atoms with Crippen molar-refractivity contribution < 1.29 is 27.6 Å². The minimum atomic E-state index is -4.37. The number of nitrogens with one attached hydrogen (secondary N) is 2. The summed E-state index contributed by atoms with van der Waals surface area (Å²) in [4.78, 5) is 2.84. The summed E-state index contributed by atoms with van der Waals surface area (Å²) in [5, 5.41) is 17.2. The number of ether oxygens (including phenoxy) is 1. The lowest BCUT2D eigenvalue weighted by Gasteiger charge is -2.35. The fraction of sp³-hybridized carbons (Fsp3) is 0.484. The van der Waals surface area contributed by atoms with Crippen LogP contribution in [0.3, 0.4) is 0 Å². The highest BCUT2D eigenvalue weighted by Gasteiger charge is 2.31. The first-order valence-electron chi connectivity index (χ1n) is 14.1. The van der Waals surface area contributed by atoms with Gasteiger partial charge in [-0.3, -0.25) is 0 Å². The molecule has 0 amide bonds. The molecule has 0 spiro atoms. The number of aliphatic hydroxyl groups is 1. The zero-order chi connectivity index (χ0) is 30.5. The first-order valence-corrected chi connectivity index (χ1v) is 17.5. The normalized spacial score (nSPS) is 15.1. The van der Waals surface area contributed by atoms with Crippen molar-refractivity contribution in [2.45, 2.75) is 51.4 Å². The zero-order valence-corrected chi connectivity index (χ0v) is 26.2. The molecule has 228 valence electrons. The second kappa shape index (κ2) is 13.7. The molecule has 0 atom stereocenters. The van der Waals surface area contributed by atoms with Gasteiger partial charge in [0.2, 0.25) is 0 Å². The molecule has 42 heavy (non-hydrogen) atoms. The number of aliphatic hydroxyl groups excluding tert-OH is 1. The highest BCUT2D eigenvalue weighted by atomic mass is 32.1. The van der Waals surface area contributed by atoms with Crippen LogP contribution in [0, 0.1) is 11.8 Å². The molecule has 1 fully saturated rings. The number of rotatable bonds is 10. The molecule has 0 bridgehead atoms. The molecule has 1 aromatic heterocycles. The van der Waals surface area contributed by atoms with E-state index in [0.29, 0.717) is 33.0 Å². The molecule has 3 aromatic rings. The maximum absolute atomic E-state index is 13.6. The first kappa shape index (κ1) is 32.2. The number of halogens is 3. The molecule has 11 heteroatoms. The van der Waals surface area contributed by atoms with Gasteiger partial charge in [0.25, 0.3) is 0 Å². The lowest BCUT2D eigenvalue weighted by molar-refractivity contribution is -0.126. The molecule has 0 aliphatic carbocycles. The molecule has 1 saturated heterocycles. The summed E-state index contributed by atoms with van der Waals surface area (Å²) in [7, 11) is -2.53. The largest absolute Gasteiger partial charge is 0.489 e. The van der Waals surface area contributed by atoms with E-state index in [0.717, 1.165) is 36.3 Å². The number of hydrogen-bond donors (Lipinski definition) is 3. The predicted molar refractivity (Wildman–Crippen MR) is 168 cm³/mol. The molecular weight excluding hydrogens is 582 g/mol. The Morgan fingerprint density at radius 2 is 1.90 bits per heavy atom. The fourth-order valence-electron chi connectivity index (χ4n) is 5.07. The Morgan fingerprint density at radius 3 is 2.55 bits per heavy atom. The summed E-state index contributed by atoms with van der Waals surface area (Å²) in [6.45, 7) is 9.73. The number of piperidine rings is 1. The number of hydrogen-bond acceptors (Lipinski definition) is 7. The Hall–Kier alpha value is -2.70. The summed E-state index contributed by atoms with van der Waals surface area (Å²) in [6, 6.07) is 11.4. The van der Waals surface area contributed by atoms with Gasteiger partial charge in [-0.25, -0.2) is 0 Å². The van der Waals surface area contributed by atoms with Gasteiger partial charge in [0.15, 0.2) is 0 Å². The van der Waals surface area contributed by atoms with Crippen molar-refractivity contribution in [2.24, 2.45) is 0 Å². The van der Waals surface area contributed by atoms with Gasteiger partial charge in [0.1, 0.15) is 19.5 Å². The summed E-state index contributed by atoms with van der Waals surface area (Å²) in [6.07, 6.45) is -3.46. The van der Waals surface area contributed by atoms with Crippen LogP contribution < -0.4 is 20.7 Å². The van der Waals surface area contributed by atoms with E-state index in [1.165, 1.54) is 11.3 Å². The molecule has 0 radical (unpaired) electrons. The predicted octanol–water partition coefficient (Wildman–Crippen LogP) is 6.37. The molecule has 0 saturated carbocycles. The van der Waals surface area contributed by atoms with Crippen LogP contribution in [0.5, 0.6) is 5.75 Å². The van der Waals surface area contributed by atoms with Crippen LogP contribution in [0.4, 0.5) is 24.5 Å². The van der Waals surface area contributed by atoms with E-state index < -0.39 is 19.7 Å². The smallest absolute Gasteiger partial charge is 0.393 e. The van der Waals surface area contributed by atoms with Crippen molar-refractivity contribution in [1.82, 2.24) is 4.90 Å². The van der Waals surface area contributed by atoms with E-state index in [4.69, 9.17) is 4.74 Å². The average molecular weight is 622 g/mol. The molecule has 0 unspecified atom stereocenters. The monoisotopic (exact) mass is 621 g/mol. The van der Waals surface area contributed by atoms with Gasteiger partial charge in [-0.1, -0.05) is 24.0 Å². The molecule has 4 rings (SSSR count). The fourth-order valence-corrected chi connectivity index (χ4v) is 7.10. The standard InChI is InChI=1S/C31H39F3N3O3PS/c1-21(2)37-15-12-22(13-16-37)36-27-8-5-7-24-25(20-31(32,33)34)29(42-30(24)27)9-6-14-35-26-11-10-23(41(3,4)39)19-28(26)40-18-17-38/h5,7-8,10-11,19,21-22,35-36,38H,12-18,20H2,1-4H3. The molecule has 6 nitrogen and oxygen atoms in total. The van der Waals surface area contributed by atoms with Crippen molar-refractivity contribution >= 4 is 45.2 Å². The van der Waals surface area contributed by atoms with Crippen LogP contribution in [-0.4, -0.2) is 74.4 Å². The average Bonchev–Trinajstić information content (AvgIpc) is 3.26. The van der Waals surface area contributed by atoms with E-state index >= 15 is 0 Å². The Bertz CT molecular complexity index is 1480. The van der Waals surface area contributed by atoms with Gasteiger partial charge >= 0.3 is 6.18 Å². The van der Waals surface area contributed by atoms with Crippen LogP contribution in [0.1, 0.15) is 37.1 Å². The summed E-state index contributed by atoms with van der Waals surface area (Å²) < 4.78 is 59.9. The van der Waals surface area contributed by atoms with Crippen molar-refractivity contribution in [3.63, 3.8) is 0 Å². The molecule has 2 heterocycles. The number of fused-ring (bicyclic) bond motifs is 1. The number of benzene rings is 2. The van der Waals surface area contributed by atoms with E-state index in [9.17, 15) is 22.8 Å². The second-order valence-corrected chi connectivity index (χ2v) is 15.4. The highest BCUT2D eigenvalue weighted by Crippen LogP contribution is 2.40. The third-order valence-electron chi connectivity index (χ3n) is 7.32. The zero-order valence-electron chi connectivity index (χ0n) is 24.5. The second-order valence-electron chi connectivity index (χ2n) is 11.2. The maximum Gasteiger partial charge on any atom is 0.393 e. The van der Waals surface area contributed by atoms with Crippen LogP contribution in [0.2, 0.25) is 0 Å². The summed E-state index contributed by atoms with van der Waals surface area (Å²) in [5.74, 6) is 6.40.